The van der Waals surface area contributed by atoms with Gasteiger partial charge in [-0.1, -0.05) is 18.2 Å². The third kappa shape index (κ3) is 4.72. The van der Waals surface area contributed by atoms with E-state index in [1.807, 2.05) is 48.3 Å². The van der Waals surface area contributed by atoms with Crippen LogP contribution in [-0.2, 0) is 35.8 Å². The number of ether oxygens (including phenoxy) is 1. The van der Waals surface area contributed by atoms with Gasteiger partial charge >= 0.3 is 0 Å². The van der Waals surface area contributed by atoms with Crippen LogP contribution < -0.4 is 15.0 Å². The molecule has 1 fully saturated rings. The highest BCUT2D eigenvalue weighted by Gasteiger charge is 2.42. The average molecular weight is 576 g/mol. The van der Waals surface area contributed by atoms with Crippen molar-refractivity contribution in [2.75, 3.05) is 19.1 Å². The number of pyridine rings is 1. The number of amides is 4. The summed E-state index contributed by atoms with van der Waals surface area (Å²) in [5.74, 6) is -3.53. The van der Waals surface area contributed by atoms with Gasteiger partial charge in [-0.15, -0.1) is 0 Å². The summed E-state index contributed by atoms with van der Waals surface area (Å²) in [5, 5.41) is 2.17. The van der Waals surface area contributed by atoms with Gasteiger partial charge in [0, 0.05) is 32.1 Å². The van der Waals surface area contributed by atoms with E-state index in [0.29, 0.717) is 18.1 Å². The molecule has 1 saturated heterocycles. The minimum Gasteiger partial charge on any atom is -0.497 e. The zero-order chi connectivity index (χ0) is 29.7. The Hall–Kier alpha value is -4.87. The molecule has 42 heavy (non-hydrogen) atoms. The maximum Gasteiger partial charge on any atom is 0.260 e. The Balaban J connectivity index is 1.19. The molecule has 4 heterocycles. The van der Waals surface area contributed by atoms with Crippen LogP contribution in [0.4, 0.5) is 14.6 Å². The minimum atomic E-state index is -1.15. The Morgan fingerprint density at radius 3 is 2.57 bits per heavy atom. The van der Waals surface area contributed by atoms with Crippen LogP contribution in [0.25, 0.3) is 0 Å². The van der Waals surface area contributed by atoms with Gasteiger partial charge in [0.1, 0.15) is 34.8 Å². The van der Waals surface area contributed by atoms with Gasteiger partial charge in [-0.05, 0) is 41.8 Å². The van der Waals surface area contributed by atoms with E-state index in [4.69, 9.17) is 9.72 Å². The van der Waals surface area contributed by atoms with Crippen molar-refractivity contribution in [2.45, 2.75) is 45.1 Å². The number of nitrogens with one attached hydrogen (secondary N) is 1. The Morgan fingerprint density at radius 1 is 1.10 bits per heavy atom. The van der Waals surface area contributed by atoms with Crippen LogP contribution in [0.15, 0.2) is 42.5 Å². The van der Waals surface area contributed by atoms with Gasteiger partial charge < -0.3 is 19.4 Å². The Kier molecular flexibility index (Phi) is 6.83. The van der Waals surface area contributed by atoms with Crippen LogP contribution in [0.5, 0.6) is 5.75 Å². The second-order valence-electron chi connectivity index (χ2n) is 10.6. The summed E-state index contributed by atoms with van der Waals surface area (Å²) < 4.78 is 36.1. The van der Waals surface area contributed by atoms with Gasteiger partial charge in [0.2, 0.25) is 11.8 Å². The van der Waals surface area contributed by atoms with Crippen molar-refractivity contribution < 1.29 is 32.7 Å². The number of piperidine rings is 1. The lowest BCUT2D eigenvalue weighted by molar-refractivity contribution is -0.136. The van der Waals surface area contributed by atoms with Crippen LogP contribution in [0.3, 0.4) is 0 Å². The van der Waals surface area contributed by atoms with Crippen LogP contribution >= 0.6 is 0 Å². The monoisotopic (exact) mass is 575 g/mol. The average Bonchev–Trinajstić information content (AvgIpc) is 3.54. The molecule has 3 aliphatic rings. The topological polar surface area (TPSA) is 112 Å². The summed E-state index contributed by atoms with van der Waals surface area (Å²) in [4.78, 5) is 59.3. The number of carbonyl (C=O) groups is 4. The van der Waals surface area contributed by atoms with Crippen molar-refractivity contribution in [3.05, 3.63) is 87.6 Å². The molecule has 0 aliphatic carbocycles. The van der Waals surface area contributed by atoms with Crippen LogP contribution in [0, 0.1) is 11.6 Å². The van der Waals surface area contributed by atoms with Crippen molar-refractivity contribution >= 4 is 29.4 Å². The second kappa shape index (κ2) is 10.5. The first-order valence-electron chi connectivity index (χ1n) is 13.4. The molecule has 3 aliphatic heterocycles. The molecule has 1 aromatic heterocycles. The third-order valence-corrected chi connectivity index (χ3v) is 7.95. The second-order valence-corrected chi connectivity index (χ2v) is 10.6. The first-order chi connectivity index (χ1) is 20.1. The molecule has 0 bridgehead atoms. The third-order valence-electron chi connectivity index (χ3n) is 7.95. The highest BCUT2D eigenvalue weighted by molar-refractivity contribution is 6.06. The Labute approximate surface area is 239 Å². The SMILES string of the molecule is COc1ccc(CN(C)c2ccc3c(n2)CN(C(=O)c2c(F)cc4c(c2F)CN(C2CCC(=O)NC2=O)C4=O)C3)cc1. The van der Waals surface area contributed by atoms with Crippen molar-refractivity contribution in [3.8, 4) is 5.75 Å². The fraction of sp³-hybridized carbons (Fsp3) is 0.300. The van der Waals surface area contributed by atoms with Crippen LogP contribution in [-0.4, -0.2) is 58.6 Å². The maximum absolute atomic E-state index is 15.7. The summed E-state index contributed by atoms with van der Waals surface area (Å²) in [6.07, 6.45) is 0.107. The fourth-order valence-corrected chi connectivity index (χ4v) is 5.67. The number of nitrogens with zero attached hydrogens (tertiary/aromatic N) is 4. The molecule has 1 unspecified atom stereocenters. The van der Waals surface area contributed by atoms with E-state index in [2.05, 4.69) is 5.32 Å². The van der Waals surface area contributed by atoms with E-state index in [1.54, 1.807) is 7.11 Å². The number of fused-ring (bicyclic) bond motifs is 2. The van der Waals surface area contributed by atoms with Gasteiger partial charge in [-0.3, -0.25) is 24.5 Å². The zero-order valence-corrected chi connectivity index (χ0v) is 22.9. The summed E-state index contributed by atoms with van der Waals surface area (Å²) in [6.45, 7) is 0.466. The molecule has 6 rings (SSSR count). The quantitative estimate of drug-likeness (QED) is 0.450. The lowest BCUT2D eigenvalue weighted by atomic mass is 10.0. The van der Waals surface area contributed by atoms with E-state index in [0.717, 1.165) is 27.8 Å². The molecule has 0 radical (unpaired) electrons. The molecular weight excluding hydrogens is 548 g/mol. The number of benzene rings is 2. The van der Waals surface area contributed by atoms with Gasteiger partial charge in [0.05, 0.1) is 31.5 Å². The molecule has 2 aromatic carbocycles. The highest BCUT2D eigenvalue weighted by atomic mass is 19.1. The molecule has 12 heteroatoms. The van der Waals surface area contributed by atoms with Crippen molar-refractivity contribution in [1.29, 1.82) is 0 Å². The molecule has 1 N–H and O–H groups in total. The Morgan fingerprint density at radius 2 is 1.86 bits per heavy atom. The van der Waals surface area contributed by atoms with E-state index in [9.17, 15) is 19.2 Å². The number of carbonyl (C=O) groups excluding carboxylic acids is 4. The zero-order valence-electron chi connectivity index (χ0n) is 22.9. The van der Waals surface area contributed by atoms with E-state index >= 15 is 8.78 Å². The molecule has 3 aromatic rings. The van der Waals surface area contributed by atoms with E-state index in [-0.39, 0.29) is 43.6 Å². The molecular formula is C30H27F2N5O5. The normalized spacial score (nSPS) is 17.7. The molecule has 0 saturated carbocycles. The van der Waals surface area contributed by atoms with Gasteiger partial charge in [0.15, 0.2) is 0 Å². The number of rotatable bonds is 6. The molecule has 216 valence electrons. The predicted molar refractivity (Wildman–Crippen MR) is 145 cm³/mol. The maximum atomic E-state index is 15.7. The molecule has 0 spiro atoms. The first kappa shape index (κ1) is 27.3. The lowest BCUT2D eigenvalue weighted by Crippen LogP contribution is -2.52. The van der Waals surface area contributed by atoms with Crippen molar-refractivity contribution in [1.82, 2.24) is 20.1 Å². The number of hydrogen-bond donors (Lipinski definition) is 1. The fourth-order valence-electron chi connectivity index (χ4n) is 5.67. The lowest BCUT2D eigenvalue weighted by Gasteiger charge is -2.29. The number of halogens is 2. The molecule has 10 nitrogen and oxygen atoms in total. The number of methoxy groups -OCH3 is 1. The van der Waals surface area contributed by atoms with Gasteiger partial charge in [-0.25, -0.2) is 13.8 Å². The summed E-state index contributed by atoms with van der Waals surface area (Å²) in [7, 11) is 3.50. The van der Waals surface area contributed by atoms with Crippen LogP contribution in [0.2, 0.25) is 0 Å². The van der Waals surface area contributed by atoms with Gasteiger partial charge in [-0.2, -0.15) is 0 Å². The largest absolute Gasteiger partial charge is 0.497 e. The van der Waals surface area contributed by atoms with Crippen molar-refractivity contribution in [2.24, 2.45) is 0 Å². The van der Waals surface area contributed by atoms with E-state index in [1.165, 1.54) is 4.90 Å². The van der Waals surface area contributed by atoms with Crippen LogP contribution in [0.1, 0.15) is 55.9 Å². The summed E-state index contributed by atoms with van der Waals surface area (Å²) in [6, 6.07) is 11.2. The predicted octanol–water partition coefficient (Wildman–Crippen LogP) is 2.92. The Bertz CT molecular complexity index is 1640. The summed E-state index contributed by atoms with van der Waals surface area (Å²) in [5.41, 5.74) is 1.31. The van der Waals surface area contributed by atoms with E-state index < -0.39 is 46.9 Å². The standard InChI is InChI=1S/C30H27F2N5O5/c1-35(12-16-3-6-18(42-2)7-4-16)24-9-5-17-13-36(15-22(17)33-24)30(41)26-21(31)11-19-20(27(26)32)14-37(29(19)40)23-8-10-25(38)34-28(23)39/h3-7,9,11,23H,8,10,12-15H2,1-2H3,(H,34,38,39). The number of aromatic nitrogens is 1. The number of imide groups is 1. The molecule has 1 atom stereocenters. The minimum absolute atomic E-state index is 0.0274. The number of anilines is 1. The smallest absolute Gasteiger partial charge is 0.260 e. The van der Waals surface area contributed by atoms with Crippen molar-refractivity contribution in [3.63, 3.8) is 0 Å². The van der Waals surface area contributed by atoms with Gasteiger partial charge in [0.25, 0.3) is 11.8 Å². The highest BCUT2D eigenvalue weighted by Crippen LogP contribution is 2.34. The number of hydrogen-bond acceptors (Lipinski definition) is 7. The first-order valence-corrected chi connectivity index (χ1v) is 13.4. The summed E-state index contributed by atoms with van der Waals surface area (Å²) >= 11 is 0. The molecule has 4 amide bonds.